The maximum absolute atomic E-state index is 12.7. The summed E-state index contributed by atoms with van der Waals surface area (Å²) < 4.78 is 5.17. The Labute approximate surface area is 139 Å². The zero-order valence-electron chi connectivity index (χ0n) is 13.3. The van der Waals surface area contributed by atoms with E-state index >= 15 is 0 Å². The minimum Gasteiger partial charge on any atom is -0.480 e. The van der Waals surface area contributed by atoms with Gasteiger partial charge in [-0.3, -0.25) is 9.59 Å². The molecule has 0 saturated carbocycles. The number of carbonyl (C=O) groups excluding carboxylic acids is 2. The first-order chi connectivity index (χ1) is 11.6. The zero-order chi connectivity index (χ0) is 17.1. The van der Waals surface area contributed by atoms with Crippen LogP contribution in [0.2, 0.25) is 0 Å². The van der Waals surface area contributed by atoms with Gasteiger partial charge in [0.1, 0.15) is 0 Å². The number of hydrogen-bond acceptors (Lipinski definition) is 4. The molecule has 1 aromatic rings. The van der Waals surface area contributed by atoms with Crippen LogP contribution in [0.3, 0.4) is 0 Å². The van der Waals surface area contributed by atoms with E-state index in [-0.39, 0.29) is 25.0 Å². The van der Waals surface area contributed by atoms with Gasteiger partial charge in [-0.1, -0.05) is 12.1 Å². The number of likely N-dealkylation sites (tertiary alicyclic amines) is 1. The predicted octanol–water partition coefficient (Wildman–Crippen LogP) is 0.735. The number of rotatable bonds is 4. The molecule has 2 amide bonds. The van der Waals surface area contributed by atoms with E-state index in [1.54, 1.807) is 23.1 Å². The number of benzene rings is 1. The van der Waals surface area contributed by atoms with Gasteiger partial charge in [0, 0.05) is 31.6 Å². The third-order valence-electron chi connectivity index (χ3n) is 4.39. The monoisotopic (exact) mass is 332 g/mol. The van der Waals surface area contributed by atoms with Gasteiger partial charge in [0.2, 0.25) is 5.91 Å². The summed E-state index contributed by atoms with van der Waals surface area (Å²) >= 11 is 0. The highest BCUT2D eigenvalue weighted by Crippen LogP contribution is 2.18. The van der Waals surface area contributed by atoms with Gasteiger partial charge in [-0.25, -0.2) is 4.79 Å². The molecule has 2 saturated heterocycles. The van der Waals surface area contributed by atoms with Crippen molar-refractivity contribution in [1.82, 2.24) is 9.80 Å². The topological polar surface area (TPSA) is 87.2 Å². The Morgan fingerprint density at radius 1 is 1.29 bits per heavy atom. The van der Waals surface area contributed by atoms with Crippen molar-refractivity contribution in [3.63, 3.8) is 0 Å². The van der Waals surface area contributed by atoms with Gasteiger partial charge >= 0.3 is 5.97 Å². The number of carboxylic acid groups (broad SMARTS) is 1. The number of carbonyl (C=O) groups is 3. The second-order valence-corrected chi connectivity index (χ2v) is 6.05. The van der Waals surface area contributed by atoms with E-state index in [9.17, 15) is 19.5 Å². The Bertz CT molecular complexity index is 660. The van der Waals surface area contributed by atoms with Crippen LogP contribution in [0.25, 0.3) is 0 Å². The van der Waals surface area contributed by atoms with E-state index in [0.29, 0.717) is 25.1 Å². The number of morpholine rings is 1. The summed E-state index contributed by atoms with van der Waals surface area (Å²) in [4.78, 5) is 38.9. The summed E-state index contributed by atoms with van der Waals surface area (Å²) in [6, 6.07) is 6.08. The van der Waals surface area contributed by atoms with Gasteiger partial charge in [0.15, 0.2) is 6.04 Å². The normalized spacial score (nSPS) is 21.2. The number of hydrogen-bond donors (Lipinski definition) is 1. The summed E-state index contributed by atoms with van der Waals surface area (Å²) in [5.74, 6) is -1.26. The number of amides is 2. The fraction of sp³-hybridized carbons (Fsp3) is 0.471. The molecule has 0 aromatic heterocycles. The molecule has 0 radical (unpaired) electrons. The maximum Gasteiger partial charge on any atom is 0.328 e. The fourth-order valence-electron chi connectivity index (χ4n) is 3.11. The lowest BCUT2D eigenvalue weighted by atomic mass is 10.1. The second-order valence-electron chi connectivity index (χ2n) is 6.05. The van der Waals surface area contributed by atoms with Crippen molar-refractivity contribution in [2.24, 2.45) is 0 Å². The summed E-state index contributed by atoms with van der Waals surface area (Å²) in [6.07, 6.45) is 1.44. The van der Waals surface area contributed by atoms with Gasteiger partial charge in [-0.2, -0.15) is 0 Å². The smallest absolute Gasteiger partial charge is 0.328 e. The molecule has 7 heteroatoms. The molecule has 0 spiro atoms. The molecule has 0 unspecified atom stereocenters. The van der Waals surface area contributed by atoms with Crippen molar-refractivity contribution in [3.05, 3.63) is 35.4 Å². The molecular weight excluding hydrogens is 312 g/mol. The molecule has 1 atom stereocenters. The van der Waals surface area contributed by atoms with E-state index in [1.807, 2.05) is 6.07 Å². The van der Waals surface area contributed by atoms with Crippen LogP contribution in [0.1, 0.15) is 28.8 Å². The van der Waals surface area contributed by atoms with Crippen molar-refractivity contribution >= 4 is 17.8 Å². The van der Waals surface area contributed by atoms with Crippen LogP contribution < -0.4 is 0 Å². The molecule has 2 fully saturated rings. The van der Waals surface area contributed by atoms with E-state index < -0.39 is 12.0 Å². The SMILES string of the molecule is O=C(O)[C@H]1COCCN1C(=O)c1cccc(CN2CCCC2=O)c1. The fourth-order valence-corrected chi connectivity index (χ4v) is 3.11. The minimum atomic E-state index is -1.07. The van der Waals surface area contributed by atoms with Crippen LogP contribution >= 0.6 is 0 Å². The molecule has 2 aliphatic heterocycles. The van der Waals surface area contributed by atoms with Crippen molar-refractivity contribution in [3.8, 4) is 0 Å². The molecule has 1 N–H and O–H groups in total. The average molecular weight is 332 g/mol. The quantitative estimate of drug-likeness (QED) is 0.878. The minimum absolute atomic E-state index is 0.00302. The second kappa shape index (κ2) is 7.00. The largest absolute Gasteiger partial charge is 0.480 e. The molecule has 2 heterocycles. The zero-order valence-corrected chi connectivity index (χ0v) is 13.3. The van der Waals surface area contributed by atoms with Crippen LogP contribution in [-0.4, -0.2) is 65.0 Å². The Kier molecular flexibility index (Phi) is 4.80. The Hall–Kier alpha value is -2.41. The highest BCUT2D eigenvalue weighted by atomic mass is 16.5. The number of ether oxygens (including phenoxy) is 1. The molecular formula is C17H20N2O5. The van der Waals surface area contributed by atoms with Crippen LogP contribution in [-0.2, 0) is 20.9 Å². The third-order valence-corrected chi connectivity index (χ3v) is 4.39. The summed E-state index contributed by atoms with van der Waals surface area (Å²) in [7, 11) is 0. The van der Waals surface area contributed by atoms with Crippen molar-refractivity contribution in [2.75, 3.05) is 26.3 Å². The van der Waals surface area contributed by atoms with Crippen LogP contribution in [0, 0.1) is 0 Å². The third kappa shape index (κ3) is 3.41. The molecule has 1 aromatic carbocycles. The van der Waals surface area contributed by atoms with Crippen molar-refractivity contribution in [2.45, 2.75) is 25.4 Å². The number of nitrogens with zero attached hydrogens (tertiary/aromatic N) is 2. The highest BCUT2D eigenvalue weighted by molar-refractivity contribution is 5.97. The average Bonchev–Trinajstić information content (AvgIpc) is 2.99. The van der Waals surface area contributed by atoms with Gasteiger partial charge < -0.3 is 19.6 Å². The van der Waals surface area contributed by atoms with Gasteiger partial charge in [-0.15, -0.1) is 0 Å². The van der Waals surface area contributed by atoms with Gasteiger partial charge in [0.05, 0.1) is 13.2 Å². The van der Waals surface area contributed by atoms with Gasteiger partial charge in [0.25, 0.3) is 5.91 Å². The lowest BCUT2D eigenvalue weighted by molar-refractivity contribution is -0.147. The first kappa shape index (κ1) is 16.4. The van der Waals surface area contributed by atoms with Crippen LogP contribution in [0.4, 0.5) is 0 Å². The molecule has 7 nitrogen and oxygen atoms in total. The number of aliphatic carboxylic acids is 1. The van der Waals surface area contributed by atoms with Crippen molar-refractivity contribution in [1.29, 1.82) is 0 Å². The Morgan fingerprint density at radius 2 is 2.12 bits per heavy atom. The first-order valence-electron chi connectivity index (χ1n) is 8.04. The summed E-state index contributed by atoms with van der Waals surface area (Å²) in [5.41, 5.74) is 1.31. The van der Waals surface area contributed by atoms with E-state index in [0.717, 1.165) is 18.5 Å². The molecule has 2 aliphatic rings. The standard InChI is InChI=1S/C17H20N2O5/c20-15-5-2-6-18(15)10-12-3-1-4-13(9-12)16(21)19-7-8-24-11-14(19)17(22)23/h1,3-4,9,14H,2,5-8,10-11H2,(H,22,23)/t14-/m1/s1. The molecule has 128 valence electrons. The Morgan fingerprint density at radius 3 is 2.83 bits per heavy atom. The lowest BCUT2D eigenvalue weighted by Gasteiger charge is -2.33. The predicted molar refractivity (Wildman–Crippen MR) is 84.4 cm³/mol. The van der Waals surface area contributed by atoms with E-state index in [2.05, 4.69) is 0 Å². The van der Waals surface area contributed by atoms with Crippen molar-refractivity contribution < 1.29 is 24.2 Å². The summed E-state index contributed by atoms with van der Waals surface area (Å²) in [5, 5.41) is 9.26. The highest BCUT2D eigenvalue weighted by Gasteiger charge is 2.33. The maximum atomic E-state index is 12.7. The molecule has 0 aliphatic carbocycles. The van der Waals surface area contributed by atoms with E-state index in [4.69, 9.17) is 4.74 Å². The molecule has 24 heavy (non-hydrogen) atoms. The van der Waals surface area contributed by atoms with Crippen LogP contribution in [0.5, 0.6) is 0 Å². The lowest BCUT2D eigenvalue weighted by Crippen LogP contribution is -2.52. The summed E-state index contributed by atoms with van der Waals surface area (Å²) in [6.45, 7) is 1.80. The number of carboxylic acids is 1. The molecule has 0 bridgehead atoms. The first-order valence-corrected chi connectivity index (χ1v) is 8.04. The van der Waals surface area contributed by atoms with E-state index in [1.165, 1.54) is 4.90 Å². The molecule has 3 rings (SSSR count). The van der Waals surface area contributed by atoms with Crippen LogP contribution in [0.15, 0.2) is 24.3 Å². The van der Waals surface area contributed by atoms with Gasteiger partial charge in [-0.05, 0) is 24.1 Å². The Balaban J connectivity index is 1.76.